The molecule has 1 aliphatic heterocycles. The minimum Gasteiger partial charge on any atom is -0.548 e. The first-order chi connectivity index (χ1) is 13.0. The van der Waals surface area contributed by atoms with Crippen LogP contribution in [0.5, 0.6) is 0 Å². The first kappa shape index (κ1) is 18.4. The van der Waals surface area contributed by atoms with Gasteiger partial charge < -0.3 is 20.1 Å². The Morgan fingerprint density at radius 1 is 1.15 bits per heavy atom. The van der Waals surface area contributed by atoms with E-state index in [1.54, 1.807) is 24.3 Å². The number of carbonyl (C=O) groups is 2. The van der Waals surface area contributed by atoms with Gasteiger partial charge in [-0.05, 0) is 29.8 Å². The Hall–Kier alpha value is -3.41. The summed E-state index contributed by atoms with van der Waals surface area (Å²) in [4.78, 5) is 29.1. The highest BCUT2D eigenvalue weighted by Gasteiger charge is 2.13. The number of benzodiazepines with no additional fused rings is 1. The lowest BCUT2D eigenvalue weighted by Gasteiger charge is -2.18. The van der Waals surface area contributed by atoms with Crippen LogP contribution in [0.4, 0.5) is 5.69 Å². The van der Waals surface area contributed by atoms with Crippen LogP contribution in [-0.4, -0.2) is 44.3 Å². The number of nitrogens with zero attached hydrogens (tertiary/aromatic N) is 2. The molecule has 6 heteroatoms. The maximum Gasteiger partial charge on any atom is 0.251 e. The van der Waals surface area contributed by atoms with Crippen LogP contribution in [0.15, 0.2) is 59.6 Å². The van der Waals surface area contributed by atoms with E-state index < -0.39 is 18.4 Å². The fourth-order valence-corrected chi connectivity index (χ4v) is 2.87. The quantitative estimate of drug-likeness (QED) is 0.864. The fourth-order valence-electron chi connectivity index (χ4n) is 2.87. The van der Waals surface area contributed by atoms with Crippen LogP contribution in [0.2, 0.25) is 0 Å². The van der Waals surface area contributed by atoms with Gasteiger partial charge in [-0.1, -0.05) is 36.4 Å². The minimum atomic E-state index is -1.32. The van der Waals surface area contributed by atoms with Gasteiger partial charge in [0.05, 0.1) is 24.8 Å². The van der Waals surface area contributed by atoms with Gasteiger partial charge in [0.25, 0.3) is 5.91 Å². The maximum atomic E-state index is 11.8. The molecule has 27 heavy (non-hydrogen) atoms. The topological polar surface area (TPSA) is 84.8 Å². The molecule has 2 aromatic rings. The van der Waals surface area contributed by atoms with Crippen LogP contribution in [0.1, 0.15) is 21.5 Å². The highest BCUT2D eigenvalue weighted by Crippen LogP contribution is 2.23. The molecule has 0 aliphatic carbocycles. The molecule has 0 atom stereocenters. The van der Waals surface area contributed by atoms with Gasteiger partial charge in [0.15, 0.2) is 0 Å². The molecule has 0 saturated heterocycles. The molecule has 1 aliphatic rings. The van der Waals surface area contributed by atoms with Gasteiger partial charge >= 0.3 is 0 Å². The Kier molecular flexibility index (Phi) is 5.66. The van der Waals surface area contributed by atoms with Gasteiger partial charge in [-0.25, -0.2) is 0 Å². The average Bonchev–Trinajstić information content (AvgIpc) is 2.84. The molecule has 3 rings (SSSR count). The molecule has 1 heterocycles. The van der Waals surface area contributed by atoms with Crippen molar-refractivity contribution in [1.29, 1.82) is 0 Å². The second kappa shape index (κ2) is 8.31. The monoisotopic (exact) mass is 362 g/mol. The van der Waals surface area contributed by atoms with Crippen LogP contribution < -0.4 is 15.3 Å². The lowest BCUT2D eigenvalue weighted by atomic mass is 10.0. The van der Waals surface area contributed by atoms with Crippen molar-refractivity contribution in [2.24, 2.45) is 4.99 Å². The molecular weight excluding hydrogens is 342 g/mol. The standard InChI is InChI=1S/C21H21N3O3/c1-24-13-12-22-18(17-4-2-3-5-19(17)24)11-8-15-6-9-16(10-7-15)21(27)23-14-20(25)26/h2-11H,12-14H2,1H3,(H,23,27)(H,25,26)/p-1/b11-8+. The smallest absolute Gasteiger partial charge is 0.251 e. The van der Waals surface area contributed by atoms with E-state index in [1.807, 2.05) is 24.3 Å². The number of carboxylic acid groups (broad SMARTS) is 1. The molecule has 0 aromatic heterocycles. The maximum absolute atomic E-state index is 11.8. The van der Waals surface area contributed by atoms with Crippen LogP contribution >= 0.6 is 0 Å². The van der Waals surface area contributed by atoms with Crippen LogP contribution in [0.25, 0.3) is 6.08 Å². The van der Waals surface area contributed by atoms with Crippen molar-refractivity contribution in [2.45, 2.75) is 0 Å². The van der Waals surface area contributed by atoms with E-state index in [0.717, 1.165) is 35.6 Å². The summed E-state index contributed by atoms with van der Waals surface area (Å²) < 4.78 is 0. The van der Waals surface area contributed by atoms with Gasteiger partial charge in [0.1, 0.15) is 0 Å². The normalized spacial score (nSPS) is 13.7. The molecule has 0 fully saturated rings. The number of anilines is 1. The third-order valence-electron chi connectivity index (χ3n) is 4.31. The van der Waals surface area contributed by atoms with E-state index in [0.29, 0.717) is 5.56 Å². The highest BCUT2D eigenvalue weighted by atomic mass is 16.4. The summed E-state index contributed by atoms with van der Waals surface area (Å²) >= 11 is 0. The first-order valence-corrected chi connectivity index (χ1v) is 8.66. The number of likely N-dealkylation sites (N-methyl/N-ethyl adjacent to an activating group) is 1. The van der Waals surface area contributed by atoms with E-state index in [9.17, 15) is 14.7 Å². The van der Waals surface area contributed by atoms with Gasteiger partial charge in [0.2, 0.25) is 0 Å². The number of rotatable bonds is 5. The second-order valence-electron chi connectivity index (χ2n) is 6.22. The Morgan fingerprint density at radius 3 is 2.63 bits per heavy atom. The summed E-state index contributed by atoms with van der Waals surface area (Å²) in [6.45, 7) is 1.08. The van der Waals surface area contributed by atoms with Gasteiger partial charge in [-0.15, -0.1) is 0 Å². The molecule has 138 valence electrons. The first-order valence-electron chi connectivity index (χ1n) is 8.66. The fraction of sp³-hybridized carbons (Fsp3) is 0.190. The van der Waals surface area contributed by atoms with E-state index in [1.165, 1.54) is 0 Å². The Labute approximate surface area is 157 Å². The number of benzene rings is 2. The number of carbonyl (C=O) groups excluding carboxylic acids is 2. The number of nitrogens with one attached hydrogen (secondary N) is 1. The Balaban J connectivity index is 1.74. The lowest BCUT2D eigenvalue weighted by molar-refractivity contribution is -0.303. The number of para-hydroxylation sites is 1. The zero-order valence-corrected chi connectivity index (χ0v) is 15.0. The molecule has 0 saturated carbocycles. The zero-order chi connectivity index (χ0) is 19.2. The summed E-state index contributed by atoms with van der Waals surface area (Å²) in [5.41, 5.74) is 4.48. The predicted octanol–water partition coefficient (Wildman–Crippen LogP) is 1.12. The summed E-state index contributed by atoms with van der Waals surface area (Å²) in [5.74, 6) is -1.77. The summed E-state index contributed by atoms with van der Waals surface area (Å²) in [7, 11) is 2.06. The number of aliphatic imine (C=N–C) groups is 1. The van der Waals surface area contributed by atoms with Gasteiger partial charge in [0, 0.05) is 30.4 Å². The molecular formula is C21H20N3O3-. The number of allylic oxidation sites excluding steroid dienone is 1. The molecule has 0 bridgehead atoms. The second-order valence-corrected chi connectivity index (χ2v) is 6.22. The number of carboxylic acids is 1. The Bertz CT molecular complexity index is 901. The number of hydrogen-bond donors (Lipinski definition) is 1. The van der Waals surface area contributed by atoms with E-state index in [4.69, 9.17) is 0 Å². The summed E-state index contributed by atoms with van der Waals surface area (Å²) in [5, 5.41) is 12.7. The lowest BCUT2D eigenvalue weighted by Crippen LogP contribution is -2.37. The van der Waals surface area contributed by atoms with Gasteiger partial charge in [-0.3, -0.25) is 9.79 Å². The van der Waals surface area contributed by atoms with Crippen molar-refractivity contribution in [2.75, 3.05) is 31.6 Å². The molecule has 6 nitrogen and oxygen atoms in total. The number of amides is 1. The summed E-state index contributed by atoms with van der Waals surface area (Å²) in [6, 6.07) is 15.1. The highest BCUT2D eigenvalue weighted by molar-refractivity contribution is 6.14. The van der Waals surface area contributed by atoms with E-state index in [2.05, 4.69) is 34.4 Å². The molecule has 0 radical (unpaired) electrons. The van der Waals surface area contributed by atoms with Crippen molar-refractivity contribution >= 4 is 29.4 Å². The molecule has 1 amide bonds. The summed E-state index contributed by atoms with van der Waals surface area (Å²) in [6.07, 6.45) is 3.92. The zero-order valence-electron chi connectivity index (χ0n) is 15.0. The average molecular weight is 362 g/mol. The van der Waals surface area contributed by atoms with Crippen molar-refractivity contribution in [3.05, 3.63) is 71.3 Å². The SMILES string of the molecule is CN1CCN=C(/C=C/c2ccc(C(=O)NCC(=O)[O-])cc2)c2ccccc21. The predicted molar refractivity (Wildman–Crippen MR) is 104 cm³/mol. The third-order valence-corrected chi connectivity index (χ3v) is 4.31. The van der Waals surface area contributed by atoms with Crippen molar-refractivity contribution in [3.8, 4) is 0 Å². The van der Waals surface area contributed by atoms with Crippen LogP contribution in [0.3, 0.4) is 0 Å². The van der Waals surface area contributed by atoms with Crippen LogP contribution in [0, 0.1) is 0 Å². The van der Waals surface area contributed by atoms with E-state index in [-0.39, 0.29) is 0 Å². The third kappa shape index (κ3) is 4.61. The van der Waals surface area contributed by atoms with Crippen molar-refractivity contribution in [3.63, 3.8) is 0 Å². The minimum absolute atomic E-state index is 0.396. The van der Waals surface area contributed by atoms with Crippen molar-refractivity contribution in [1.82, 2.24) is 5.32 Å². The number of hydrogen-bond acceptors (Lipinski definition) is 5. The van der Waals surface area contributed by atoms with Gasteiger partial charge in [-0.2, -0.15) is 0 Å². The number of fused-ring (bicyclic) bond motifs is 1. The Morgan fingerprint density at radius 2 is 1.89 bits per heavy atom. The molecule has 2 aromatic carbocycles. The number of aliphatic carboxylic acids is 1. The largest absolute Gasteiger partial charge is 0.548 e. The molecule has 0 spiro atoms. The van der Waals surface area contributed by atoms with Crippen LogP contribution in [-0.2, 0) is 4.79 Å². The van der Waals surface area contributed by atoms with Crippen molar-refractivity contribution < 1.29 is 14.7 Å². The molecule has 0 unspecified atom stereocenters. The molecule has 1 N–H and O–H groups in total. The van der Waals surface area contributed by atoms with E-state index >= 15 is 0 Å².